The molecule has 1 heterocycles. The van der Waals surface area contributed by atoms with Crippen LogP contribution in [0.3, 0.4) is 0 Å². The number of carbonyl (C=O) groups excluding carboxylic acids is 2. The second-order valence-electron chi connectivity index (χ2n) is 5.73. The summed E-state index contributed by atoms with van der Waals surface area (Å²) in [6, 6.07) is 6.73. The third kappa shape index (κ3) is 3.26. The van der Waals surface area contributed by atoms with Crippen molar-refractivity contribution in [2.24, 2.45) is 0 Å². The second kappa shape index (κ2) is 7.44. The number of likely N-dealkylation sites (tertiary alicyclic amines) is 1. The van der Waals surface area contributed by atoms with Gasteiger partial charge in [0.15, 0.2) is 0 Å². The zero-order valence-corrected chi connectivity index (χ0v) is 13.8. The summed E-state index contributed by atoms with van der Waals surface area (Å²) in [5.41, 5.74) is -0.995. The Morgan fingerprint density at radius 3 is 2.62 bits per heavy atom. The van der Waals surface area contributed by atoms with Gasteiger partial charge in [-0.2, -0.15) is 0 Å². The summed E-state index contributed by atoms with van der Waals surface area (Å²) in [6.07, 6.45) is -0.132. The first-order valence-corrected chi connectivity index (χ1v) is 7.65. The number of amides is 2. The largest absolute Gasteiger partial charge is 0.496 e. The van der Waals surface area contributed by atoms with E-state index in [9.17, 15) is 19.5 Å². The minimum absolute atomic E-state index is 0.175. The Bertz CT molecular complexity index is 644. The molecule has 2 amide bonds. The normalized spacial score (nSPS) is 20.5. The average molecular weight is 335 g/mol. The van der Waals surface area contributed by atoms with Crippen molar-refractivity contribution in [3.8, 4) is 5.75 Å². The molecule has 0 aliphatic carbocycles. The molecule has 1 fully saturated rings. The molecule has 1 aromatic rings. The van der Waals surface area contributed by atoms with Crippen molar-refractivity contribution in [3.63, 3.8) is 0 Å². The van der Waals surface area contributed by atoms with Gasteiger partial charge in [-0.3, -0.25) is 19.3 Å². The smallest absolute Gasteiger partial charge is 0.304 e. The summed E-state index contributed by atoms with van der Waals surface area (Å²) in [6.45, 7) is 0.625. The van der Waals surface area contributed by atoms with Gasteiger partial charge in [-0.25, -0.2) is 0 Å². The Balaban J connectivity index is 2.44. The lowest BCUT2D eigenvalue weighted by Gasteiger charge is -2.27. The SMILES string of the molecule is COCCCN1C(=O)CC(CC(=O)O)(c2ccccc2OC)C1=O. The Labute approximate surface area is 140 Å². The molecule has 2 rings (SSSR count). The van der Waals surface area contributed by atoms with Gasteiger partial charge in [0.05, 0.1) is 18.9 Å². The molecular weight excluding hydrogens is 314 g/mol. The highest BCUT2D eigenvalue weighted by Crippen LogP contribution is 2.43. The van der Waals surface area contributed by atoms with E-state index in [1.54, 1.807) is 24.3 Å². The van der Waals surface area contributed by atoms with Crippen molar-refractivity contribution in [1.82, 2.24) is 4.90 Å². The fourth-order valence-corrected chi connectivity index (χ4v) is 3.14. The first-order chi connectivity index (χ1) is 11.5. The zero-order valence-electron chi connectivity index (χ0n) is 13.8. The molecule has 0 bridgehead atoms. The van der Waals surface area contributed by atoms with Gasteiger partial charge < -0.3 is 14.6 Å². The van der Waals surface area contributed by atoms with E-state index in [-0.39, 0.29) is 18.9 Å². The van der Waals surface area contributed by atoms with Gasteiger partial charge in [0, 0.05) is 32.2 Å². The predicted molar refractivity (Wildman–Crippen MR) is 84.8 cm³/mol. The molecule has 1 aromatic carbocycles. The van der Waals surface area contributed by atoms with Gasteiger partial charge in [-0.15, -0.1) is 0 Å². The second-order valence-corrected chi connectivity index (χ2v) is 5.73. The number of para-hydroxylation sites is 1. The molecule has 24 heavy (non-hydrogen) atoms. The fraction of sp³-hybridized carbons (Fsp3) is 0.471. The predicted octanol–water partition coefficient (Wildman–Crippen LogP) is 1.20. The molecule has 7 nitrogen and oxygen atoms in total. The van der Waals surface area contributed by atoms with Gasteiger partial charge in [0.1, 0.15) is 5.75 Å². The van der Waals surface area contributed by atoms with E-state index in [1.165, 1.54) is 14.2 Å². The number of methoxy groups -OCH3 is 2. The third-order valence-electron chi connectivity index (χ3n) is 4.21. The van der Waals surface area contributed by atoms with Crippen LogP contribution >= 0.6 is 0 Å². The van der Waals surface area contributed by atoms with Gasteiger partial charge in [-0.05, 0) is 12.5 Å². The first-order valence-electron chi connectivity index (χ1n) is 7.65. The Hall–Kier alpha value is -2.41. The lowest BCUT2D eigenvalue weighted by Crippen LogP contribution is -2.40. The first kappa shape index (κ1) is 17.9. The standard InChI is InChI=1S/C17H21NO6/c1-23-9-5-8-18-14(19)10-17(16(18)22,11-15(20)21)12-6-3-4-7-13(12)24-2/h3-4,6-7H,5,8-11H2,1-2H3,(H,20,21). The van der Waals surface area contributed by atoms with Crippen LogP contribution in [0.25, 0.3) is 0 Å². The maximum Gasteiger partial charge on any atom is 0.304 e. The van der Waals surface area contributed by atoms with Crippen LogP contribution in [0.2, 0.25) is 0 Å². The molecule has 0 radical (unpaired) electrons. The molecule has 0 aromatic heterocycles. The molecule has 130 valence electrons. The maximum absolute atomic E-state index is 13.0. The summed E-state index contributed by atoms with van der Waals surface area (Å²) >= 11 is 0. The average Bonchev–Trinajstić information content (AvgIpc) is 2.79. The van der Waals surface area contributed by atoms with Crippen LogP contribution in [-0.4, -0.2) is 55.2 Å². The van der Waals surface area contributed by atoms with Gasteiger partial charge in [0.25, 0.3) is 0 Å². The van der Waals surface area contributed by atoms with E-state index in [4.69, 9.17) is 9.47 Å². The van der Waals surface area contributed by atoms with Crippen molar-refractivity contribution in [2.45, 2.75) is 24.7 Å². The lowest BCUT2D eigenvalue weighted by atomic mass is 9.75. The van der Waals surface area contributed by atoms with Crippen LogP contribution in [-0.2, 0) is 24.5 Å². The van der Waals surface area contributed by atoms with Gasteiger partial charge in [-0.1, -0.05) is 18.2 Å². The highest BCUT2D eigenvalue weighted by Gasteiger charge is 2.54. The number of nitrogens with zero attached hydrogens (tertiary/aromatic N) is 1. The molecule has 1 unspecified atom stereocenters. The van der Waals surface area contributed by atoms with Gasteiger partial charge in [0.2, 0.25) is 11.8 Å². The number of ether oxygens (including phenoxy) is 2. The number of carbonyl (C=O) groups is 3. The number of benzene rings is 1. The van der Waals surface area contributed by atoms with Crippen molar-refractivity contribution in [1.29, 1.82) is 0 Å². The Kier molecular flexibility index (Phi) is 5.56. The Morgan fingerprint density at radius 2 is 2.00 bits per heavy atom. The highest BCUT2D eigenvalue weighted by atomic mass is 16.5. The molecule has 1 atom stereocenters. The van der Waals surface area contributed by atoms with Crippen LogP contribution in [0.1, 0.15) is 24.8 Å². The minimum atomic E-state index is -1.43. The number of rotatable bonds is 8. The molecule has 0 saturated carbocycles. The Morgan fingerprint density at radius 1 is 1.29 bits per heavy atom. The summed E-state index contributed by atoms with van der Waals surface area (Å²) in [5, 5.41) is 9.33. The fourth-order valence-electron chi connectivity index (χ4n) is 3.14. The molecule has 1 aliphatic heterocycles. The van der Waals surface area contributed by atoms with E-state index < -0.39 is 23.7 Å². The third-order valence-corrected chi connectivity index (χ3v) is 4.21. The van der Waals surface area contributed by atoms with Crippen molar-refractivity contribution in [3.05, 3.63) is 29.8 Å². The summed E-state index contributed by atoms with van der Waals surface area (Å²) in [5.74, 6) is -1.60. The van der Waals surface area contributed by atoms with Gasteiger partial charge >= 0.3 is 5.97 Å². The minimum Gasteiger partial charge on any atom is -0.496 e. The summed E-state index contributed by atoms with van der Waals surface area (Å²) < 4.78 is 10.2. The lowest BCUT2D eigenvalue weighted by molar-refractivity contribution is -0.145. The van der Waals surface area contributed by atoms with E-state index in [2.05, 4.69) is 0 Å². The van der Waals surface area contributed by atoms with Crippen LogP contribution in [0.5, 0.6) is 5.75 Å². The topological polar surface area (TPSA) is 93.1 Å². The molecule has 1 aliphatic rings. The van der Waals surface area contributed by atoms with E-state index in [0.717, 1.165) is 4.90 Å². The van der Waals surface area contributed by atoms with Crippen LogP contribution in [0.4, 0.5) is 0 Å². The van der Waals surface area contributed by atoms with Crippen LogP contribution < -0.4 is 4.74 Å². The number of aliphatic carboxylic acids is 1. The van der Waals surface area contributed by atoms with E-state index in [1.807, 2.05) is 0 Å². The molecule has 1 N–H and O–H groups in total. The monoisotopic (exact) mass is 335 g/mol. The summed E-state index contributed by atoms with van der Waals surface area (Å²) in [4.78, 5) is 37.9. The zero-order chi connectivity index (χ0) is 17.7. The van der Waals surface area contributed by atoms with Crippen LogP contribution in [0, 0.1) is 0 Å². The number of carboxylic acid groups (broad SMARTS) is 1. The number of imide groups is 1. The van der Waals surface area contributed by atoms with Crippen molar-refractivity contribution in [2.75, 3.05) is 27.4 Å². The van der Waals surface area contributed by atoms with E-state index in [0.29, 0.717) is 24.3 Å². The maximum atomic E-state index is 13.0. The highest BCUT2D eigenvalue weighted by molar-refractivity contribution is 6.10. The van der Waals surface area contributed by atoms with E-state index >= 15 is 0 Å². The number of hydrogen-bond donors (Lipinski definition) is 1. The van der Waals surface area contributed by atoms with Crippen molar-refractivity contribution >= 4 is 17.8 Å². The quantitative estimate of drug-likeness (QED) is 0.567. The summed E-state index contributed by atoms with van der Waals surface area (Å²) in [7, 11) is 2.99. The van der Waals surface area contributed by atoms with Crippen molar-refractivity contribution < 1.29 is 29.0 Å². The molecule has 1 saturated heterocycles. The molecular formula is C17H21NO6. The number of hydrogen-bond acceptors (Lipinski definition) is 5. The van der Waals surface area contributed by atoms with Crippen LogP contribution in [0.15, 0.2) is 24.3 Å². The molecule has 7 heteroatoms. The number of carboxylic acids is 1. The molecule has 0 spiro atoms.